The maximum atomic E-state index is 12.1. The number of nitrogens with zero attached hydrogens (tertiary/aromatic N) is 1. The lowest BCUT2D eigenvalue weighted by Gasteiger charge is -2.15. The van der Waals surface area contributed by atoms with Gasteiger partial charge in [-0.25, -0.2) is 4.79 Å². The third-order valence-electron chi connectivity index (χ3n) is 3.43. The molecule has 0 spiro atoms. The van der Waals surface area contributed by atoms with Crippen molar-refractivity contribution in [2.45, 2.75) is 25.8 Å². The lowest BCUT2D eigenvalue weighted by molar-refractivity contribution is 0.0684. The predicted octanol–water partition coefficient (Wildman–Crippen LogP) is 3.00. The fraction of sp³-hybridized carbons (Fsp3) is 0.286. The van der Waals surface area contributed by atoms with Crippen molar-refractivity contribution in [3.8, 4) is 0 Å². The van der Waals surface area contributed by atoms with Gasteiger partial charge in [0, 0.05) is 22.5 Å². The Labute approximate surface area is 114 Å². The maximum absolute atomic E-state index is 12.1. The molecule has 5 heteroatoms. The van der Waals surface area contributed by atoms with E-state index in [1.807, 2.05) is 6.92 Å². The Kier molecular flexibility index (Phi) is 2.64. The van der Waals surface area contributed by atoms with E-state index in [2.05, 4.69) is 0 Å². The lowest BCUT2D eigenvalue weighted by Crippen LogP contribution is -2.18. The van der Waals surface area contributed by atoms with Crippen molar-refractivity contribution in [2.24, 2.45) is 0 Å². The van der Waals surface area contributed by atoms with Gasteiger partial charge in [-0.1, -0.05) is 11.6 Å². The highest BCUT2D eigenvalue weighted by atomic mass is 35.5. The molecule has 0 unspecified atom stereocenters. The zero-order valence-electron chi connectivity index (χ0n) is 10.3. The molecule has 98 valence electrons. The van der Waals surface area contributed by atoms with Gasteiger partial charge in [-0.2, -0.15) is 0 Å². The topological polar surface area (TPSA) is 59.3 Å². The Morgan fingerprint density at radius 1 is 1.37 bits per heavy atom. The van der Waals surface area contributed by atoms with Crippen LogP contribution in [0, 0.1) is 6.92 Å². The molecule has 2 aromatic rings. The first-order valence-corrected chi connectivity index (χ1v) is 6.45. The van der Waals surface area contributed by atoms with E-state index in [0.717, 1.165) is 18.4 Å². The highest BCUT2D eigenvalue weighted by Gasteiger charge is 2.29. The van der Waals surface area contributed by atoms with E-state index in [-0.39, 0.29) is 17.2 Å². The summed E-state index contributed by atoms with van der Waals surface area (Å²) >= 11 is 5.98. The van der Waals surface area contributed by atoms with Crippen LogP contribution in [-0.4, -0.2) is 15.6 Å². The van der Waals surface area contributed by atoms with E-state index < -0.39 is 5.97 Å². The van der Waals surface area contributed by atoms with Crippen molar-refractivity contribution in [1.82, 2.24) is 4.57 Å². The number of rotatable bonds is 2. The zero-order valence-corrected chi connectivity index (χ0v) is 11.1. The minimum Gasteiger partial charge on any atom is -0.477 e. The SMILES string of the molecule is Cc1cc(Cl)cc2c(=O)cc(C(=O)O)n(C3CC3)c12. The molecule has 4 nitrogen and oxygen atoms in total. The van der Waals surface area contributed by atoms with Crippen molar-refractivity contribution in [3.63, 3.8) is 0 Å². The monoisotopic (exact) mass is 277 g/mol. The van der Waals surface area contributed by atoms with Crippen LogP contribution >= 0.6 is 11.6 Å². The smallest absolute Gasteiger partial charge is 0.352 e. The number of hydrogen-bond donors (Lipinski definition) is 1. The van der Waals surface area contributed by atoms with Crippen LogP contribution in [0.5, 0.6) is 0 Å². The third-order valence-corrected chi connectivity index (χ3v) is 3.65. The molecule has 0 saturated heterocycles. The average molecular weight is 278 g/mol. The highest BCUT2D eigenvalue weighted by molar-refractivity contribution is 6.31. The molecule has 1 aliphatic carbocycles. The molecule has 3 rings (SSSR count). The van der Waals surface area contributed by atoms with Gasteiger partial charge in [0.15, 0.2) is 5.43 Å². The molecule has 0 aliphatic heterocycles. The largest absolute Gasteiger partial charge is 0.477 e. The summed E-state index contributed by atoms with van der Waals surface area (Å²) in [7, 11) is 0. The van der Waals surface area contributed by atoms with Gasteiger partial charge in [0.2, 0.25) is 0 Å². The first-order valence-electron chi connectivity index (χ1n) is 6.07. The summed E-state index contributed by atoms with van der Waals surface area (Å²) in [6.45, 7) is 1.85. The minimum absolute atomic E-state index is 0.0606. The molecule has 0 bridgehead atoms. The Hall–Kier alpha value is -1.81. The number of aryl methyl sites for hydroxylation is 1. The quantitative estimate of drug-likeness (QED) is 0.918. The summed E-state index contributed by atoms with van der Waals surface area (Å²) in [6, 6.07) is 4.73. The highest BCUT2D eigenvalue weighted by Crippen LogP contribution is 2.39. The molecular formula is C14H12ClNO3. The summed E-state index contributed by atoms with van der Waals surface area (Å²) in [4.78, 5) is 23.4. The van der Waals surface area contributed by atoms with Crippen LogP contribution in [0.2, 0.25) is 5.02 Å². The van der Waals surface area contributed by atoms with Crippen LogP contribution in [0.15, 0.2) is 23.0 Å². The van der Waals surface area contributed by atoms with Crippen LogP contribution in [0.3, 0.4) is 0 Å². The molecule has 1 fully saturated rings. The van der Waals surface area contributed by atoms with Gasteiger partial charge in [-0.05, 0) is 37.5 Å². The first-order chi connectivity index (χ1) is 8.99. The van der Waals surface area contributed by atoms with Gasteiger partial charge in [-0.15, -0.1) is 0 Å². The number of carboxylic acids is 1. The number of aromatic carboxylic acids is 1. The van der Waals surface area contributed by atoms with Crippen LogP contribution in [0.1, 0.15) is 34.9 Å². The van der Waals surface area contributed by atoms with E-state index in [0.29, 0.717) is 15.9 Å². The average Bonchev–Trinajstić information content (AvgIpc) is 3.13. The molecular weight excluding hydrogens is 266 g/mol. The number of carboxylic acid groups (broad SMARTS) is 1. The maximum Gasteiger partial charge on any atom is 0.352 e. The Morgan fingerprint density at radius 3 is 2.63 bits per heavy atom. The van der Waals surface area contributed by atoms with Gasteiger partial charge in [0.25, 0.3) is 0 Å². The molecule has 1 aromatic heterocycles. The molecule has 0 radical (unpaired) electrons. The number of benzene rings is 1. The second-order valence-corrected chi connectivity index (χ2v) is 5.36. The molecule has 0 atom stereocenters. The van der Waals surface area contributed by atoms with Crippen molar-refractivity contribution in [3.05, 3.63) is 44.7 Å². The molecule has 1 aliphatic rings. The molecule has 19 heavy (non-hydrogen) atoms. The number of hydrogen-bond acceptors (Lipinski definition) is 2. The first kappa shape index (κ1) is 12.2. The second kappa shape index (κ2) is 4.10. The zero-order chi connectivity index (χ0) is 13.7. The lowest BCUT2D eigenvalue weighted by atomic mass is 10.1. The molecule has 1 heterocycles. The fourth-order valence-electron chi connectivity index (χ4n) is 2.51. The molecule has 1 saturated carbocycles. The van der Waals surface area contributed by atoms with E-state index in [1.54, 1.807) is 16.7 Å². The van der Waals surface area contributed by atoms with Crippen LogP contribution in [0.25, 0.3) is 10.9 Å². The molecule has 0 amide bonds. The predicted molar refractivity (Wildman–Crippen MR) is 73.2 cm³/mol. The van der Waals surface area contributed by atoms with Crippen LogP contribution in [-0.2, 0) is 0 Å². The summed E-state index contributed by atoms with van der Waals surface area (Å²) < 4.78 is 1.77. The van der Waals surface area contributed by atoms with E-state index in [4.69, 9.17) is 11.6 Å². The molecule has 1 aromatic carbocycles. The number of pyridine rings is 1. The van der Waals surface area contributed by atoms with Crippen LogP contribution in [0.4, 0.5) is 0 Å². The van der Waals surface area contributed by atoms with Gasteiger partial charge < -0.3 is 9.67 Å². The Morgan fingerprint density at radius 2 is 2.05 bits per heavy atom. The van der Waals surface area contributed by atoms with E-state index >= 15 is 0 Å². The van der Waals surface area contributed by atoms with Gasteiger partial charge in [0.1, 0.15) is 5.69 Å². The van der Waals surface area contributed by atoms with Gasteiger partial charge in [-0.3, -0.25) is 4.79 Å². The van der Waals surface area contributed by atoms with Gasteiger partial charge in [0.05, 0.1) is 5.52 Å². The second-order valence-electron chi connectivity index (χ2n) is 4.92. The van der Waals surface area contributed by atoms with E-state index in [1.165, 1.54) is 6.07 Å². The summed E-state index contributed by atoms with van der Waals surface area (Å²) in [5, 5.41) is 10.3. The summed E-state index contributed by atoms with van der Waals surface area (Å²) in [5.41, 5.74) is 1.28. The number of aromatic nitrogens is 1. The summed E-state index contributed by atoms with van der Waals surface area (Å²) in [5.74, 6) is -1.07. The minimum atomic E-state index is -1.07. The Bertz CT molecular complexity index is 759. The number of halogens is 1. The van der Waals surface area contributed by atoms with Crippen LogP contribution < -0.4 is 5.43 Å². The molecule has 1 N–H and O–H groups in total. The summed E-state index contributed by atoms with van der Waals surface area (Å²) in [6.07, 6.45) is 1.89. The van der Waals surface area contributed by atoms with Crippen molar-refractivity contribution in [2.75, 3.05) is 0 Å². The Balaban J connectivity index is 2.51. The van der Waals surface area contributed by atoms with Crippen molar-refractivity contribution < 1.29 is 9.90 Å². The fourth-order valence-corrected chi connectivity index (χ4v) is 2.78. The van der Waals surface area contributed by atoms with E-state index in [9.17, 15) is 14.7 Å². The third kappa shape index (κ3) is 1.92. The standard InChI is InChI=1S/C14H12ClNO3/c1-7-4-8(15)5-10-12(17)6-11(14(18)19)16(13(7)10)9-2-3-9/h4-6,9H,2-3H2,1H3,(H,18,19). The normalized spacial score (nSPS) is 14.8. The van der Waals surface area contributed by atoms with Gasteiger partial charge >= 0.3 is 5.97 Å². The number of fused-ring (bicyclic) bond motifs is 1. The van der Waals surface area contributed by atoms with Crippen molar-refractivity contribution in [1.29, 1.82) is 0 Å². The number of carbonyl (C=O) groups is 1. The van der Waals surface area contributed by atoms with Crippen molar-refractivity contribution >= 4 is 28.5 Å².